The maximum absolute atomic E-state index is 12.1. The molecule has 0 saturated heterocycles. The first kappa shape index (κ1) is 14.0. The van der Waals surface area contributed by atoms with Crippen molar-refractivity contribution in [1.29, 1.82) is 5.26 Å². The Balaban J connectivity index is 1.99. The molecule has 1 fully saturated rings. The van der Waals surface area contributed by atoms with E-state index in [9.17, 15) is 8.42 Å². The van der Waals surface area contributed by atoms with Gasteiger partial charge < -0.3 is 0 Å². The summed E-state index contributed by atoms with van der Waals surface area (Å²) in [6, 6.07) is 9.06. The van der Waals surface area contributed by atoms with Gasteiger partial charge in [-0.2, -0.15) is 5.26 Å². The van der Waals surface area contributed by atoms with Gasteiger partial charge in [0.15, 0.2) is 0 Å². The van der Waals surface area contributed by atoms with Crippen LogP contribution < -0.4 is 4.72 Å². The Bertz CT molecular complexity index is 569. The third-order valence-electron chi connectivity index (χ3n) is 3.52. The minimum Gasteiger partial charge on any atom is -0.212 e. The van der Waals surface area contributed by atoms with E-state index in [1.807, 2.05) is 6.07 Å². The van der Waals surface area contributed by atoms with Crippen LogP contribution in [0.4, 0.5) is 0 Å². The largest absolute Gasteiger partial charge is 0.214 e. The van der Waals surface area contributed by atoms with Gasteiger partial charge in [0.2, 0.25) is 10.0 Å². The third kappa shape index (κ3) is 3.79. The van der Waals surface area contributed by atoms with Gasteiger partial charge in [-0.05, 0) is 30.5 Å². The van der Waals surface area contributed by atoms with Crippen molar-refractivity contribution in [3.63, 3.8) is 0 Å². The maximum Gasteiger partial charge on any atom is 0.214 e. The molecule has 0 spiro atoms. The minimum atomic E-state index is -3.23. The van der Waals surface area contributed by atoms with Gasteiger partial charge in [-0.25, -0.2) is 13.1 Å². The van der Waals surface area contributed by atoms with Crippen molar-refractivity contribution in [3.05, 3.63) is 35.4 Å². The van der Waals surface area contributed by atoms with E-state index in [1.165, 1.54) is 0 Å². The number of benzene rings is 1. The molecule has 0 heterocycles. The summed E-state index contributed by atoms with van der Waals surface area (Å²) in [6.45, 7) is 0.258. The van der Waals surface area contributed by atoms with E-state index in [4.69, 9.17) is 5.26 Å². The van der Waals surface area contributed by atoms with Crippen molar-refractivity contribution in [3.8, 4) is 6.07 Å². The molecule has 0 aliphatic heterocycles. The number of nitrogens with zero attached hydrogens (tertiary/aromatic N) is 1. The van der Waals surface area contributed by atoms with Crippen LogP contribution in [0.3, 0.4) is 0 Å². The average molecular weight is 278 g/mol. The zero-order chi connectivity index (χ0) is 13.7. The van der Waals surface area contributed by atoms with Crippen molar-refractivity contribution >= 4 is 10.0 Å². The fraction of sp³-hybridized carbons (Fsp3) is 0.500. The summed E-state index contributed by atoms with van der Waals surface area (Å²) in [4.78, 5) is 0. The minimum absolute atomic E-state index is 0.250. The molecule has 1 aliphatic carbocycles. The Hall–Kier alpha value is -1.38. The van der Waals surface area contributed by atoms with E-state index in [0.717, 1.165) is 37.7 Å². The smallest absolute Gasteiger partial charge is 0.212 e. The van der Waals surface area contributed by atoms with Crippen LogP contribution in [0.5, 0.6) is 0 Å². The first-order valence-electron chi connectivity index (χ1n) is 6.59. The molecule has 5 heteroatoms. The van der Waals surface area contributed by atoms with Crippen LogP contribution in [-0.2, 0) is 16.6 Å². The molecule has 1 saturated carbocycles. The van der Waals surface area contributed by atoms with E-state index in [2.05, 4.69) is 10.8 Å². The zero-order valence-corrected chi connectivity index (χ0v) is 11.6. The van der Waals surface area contributed by atoms with Gasteiger partial charge in [0, 0.05) is 6.54 Å². The first-order valence-corrected chi connectivity index (χ1v) is 8.14. The molecular weight excluding hydrogens is 260 g/mol. The zero-order valence-electron chi connectivity index (χ0n) is 10.8. The third-order valence-corrected chi connectivity index (χ3v) is 5.42. The highest BCUT2D eigenvalue weighted by Crippen LogP contribution is 2.23. The normalized spacial score (nSPS) is 17.0. The summed E-state index contributed by atoms with van der Waals surface area (Å²) in [5.41, 5.74) is 1.37. The molecule has 0 atom stereocenters. The molecule has 1 aliphatic rings. The lowest BCUT2D eigenvalue weighted by molar-refractivity contribution is 0.477. The van der Waals surface area contributed by atoms with Gasteiger partial charge in [0.05, 0.1) is 16.9 Å². The highest BCUT2D eigenvalue weighted by Gasteiger charge is 2.26. The summed E-state index contributed by atoms with van der Waals surface area (Å²) in [7, 11) is -3.23. The van der Waals surface area contributed by atoms with Crippen molar-refractivity contribution in [2.75, 3.05) is 0 Å². The Kier molecular flexibility index (Phi) is 4.56. The summed E-state index contributed by atoms with van der Waals surface area (Å²) >= 11 is 0. The molecular formula is C14H18N2O2S. The lowest BCUT2D eigenvalue weighted by atomic mass is 10.0. The molecule has 0 unspecified atom stereocenters. The molecule has 1 aromatic carbocycles. The number of nitriles is 1. The fourth-order valence-electron chi connectivity index (χ4n) is 2.43. The quantitative estimate of drug-likeness (QED) is 0.918. The Morgan fingerprint density at radius 3 is 2.68 bits per heavy atom. The average Bonchev–Trinajstić information content (AvgIpc) is 2.46. The van der Waals surface area contributed by atoms with Gasteiger partial charge in [-0.3, -0.25) is 0 Å². The Morgan fingerprint density at radius 2 is 2.00 bits per heavy atom. The standard InChI is InChI=1S/C14H18N2O2S/c15-10-12-5-4-6-13(9-12)11-16-19(17,18)14-7-2-1-3-8-14/h4-6,9,14,16H,1-3,7-8,11H2. The monoisotopic (exact) mass is 278 g/mol. The number of hydrogen-bond acceptors (Lipinski definition) is 3. The SMILES string of the molecule is N#Cc1cccc(CNS(=O)(=O)C2CCCCC2)c1. The van der Waals surface area contributed by atoms with Crippen molar-refractivity contribution in [1.82, 2.24) is 4.72 Å². The molecule has 19 heavy (non-hydrogen) atoms. The predicted molar refractivity (Wildman–Crippen MR) is 73.8 cm³/mol. The molecule has 102 valence electrons. The number of hydrogen-bond donors (Lipinski definition) is 1. The van der Waals surface area contributed by atoms with Crippen LogP contribution >= 0.6 is 0 Å². The van der Waals surface area contributed by atoms with Gasteiger partial charge in [-0.15, -0.1) is 0 Å². The lowest BCUT2D eigenvalue weighted by Crippen LogP contribution is -2.35. The molecule has 1 aromatic rings. The topological polar surface area (TPSA) is 70.0 Å². The van der Waals surface area contributed by atoms with Crippen LogP contribution in [0, 0.1) is 11.3 Å². The van der Waals surface area contributed by atoms with Gasteiger partial charge in [0.1, 0.15) is 0 Å². The summed E-state index contributed by atoms with van der Waals surface area (Å²) in [5.74, 6) is 0. The van der Waals surface area contributed by atoms with E-state index < -0.39 is 10.0 Å². The van der Waals surface area contributed by atoms with E-state index in [0.29, 0.717) is 5.56 Å². The van der Waals surface area contributed by atoms with Gasteiger partial charge >= 0.3 is 0 Å². The summed E-state index contributed by atoms with van der Waals surface area (Å²) in [6.07, 6.45) is 4.64. The van der Waals surface area contributed by atoms with Crippen molar-refractivity contribution in [2.45, 2.75) is 43.9 Å². The first-order chi connectivity index (χ1) is 9.12. The molecule has 0 radical (unpaired) electrons. The molecule has 2 rings (SSSR count). The van der Waals surface area contributed by atoms with Crippen LogP contribution in [0.15, 0.2) is 24.3 Å². The fourth-order valence-corrected chi connectivity index (χ4v) is 3.99. The van der Waals surface area contributed by atoms with E-state index in [1.54, 1.807) is 18.2 Å². The molecule has 1 N–H and O–H groups in total. The second kappa shape index (κ2) is 6.18. The van der Waals surface area contributed by atoms with Gasteiger partial charge in [0.25, 0.3) is 0 Å². The van der Waals surface area contributed by atoms with Gasteiger partial charge in [-0.1, -0.05) is 31.4 Å². The summed E-state index contributed by atoms with van der Waals surface area (Å²) in [5, 5.41) is 8.56. The Morgan fingerprint density at radius 1 is 1.26 bits per heavy atom. The second-order valence-electron chi connectivity index (χ2n) is 4.94. The number of sulfonamides is 1. The van der Waals surface area contributed by atoms with Crippen LogP contribution in [0.25, 0.3) is 0 Å². The van der Waals surface area contributed by atoms with Crippen molar-refractivity contribution < 1.29 is 8.42 Å². The predicted octanol–water partition coefficient (Wildman–Crippen LogP) is 2.31. The van der Waals surface area contributed by atoms with Crippen molar-refractivity contribution in [2.24, 2.45) is 0 Å². The highest BCUT2D eigenvalue weighted by molar-refractivity contribution is 7.90. The van der Waals surface area contributed by atoms with E-state index in [-0.39, 0.29) is 11.8 Å². The highest BCUT2D eigenvalue weighted by atomic mass is 32.2. The molecule has 4 nitrogen and oxygen atoms in total. The number of rotatable bonds is 4. The second-order valence-corrected chi connectivity index (χ2v) is 6.98. The van der Waals surface area contributed by atoms with Crippen LogP contribution in [0.2, 0.25) is 0 Å². The number of nitrogens with one attached hydrogen (secondary N) is 1. The maximum atomic E-state index is 12.1. The van der Waals surface area contributed by atoms with Crippen LogP contribution in [-0.4, -0.2) is 13.7 Å². The van der Waals surface area contributed by atoms with E-state index >= 15 is 0 Å². The Labute approximate surface area is 114 Å². The molecule has 0 amide bonds. The molecule has 0 bridgehead atoms. The lowest BCUT2D eigenvalue weighted by Gasteiger charge is -2.22. The molecule has 0 aromatic heterocycles. The van der Waals surface area contributed by atoms with Crippen LogP contribution in [0.1, 0.15) is 43.2 Å². The summed E-state index contributed by atoms with van der Waals surface area (Å²) < 4.78 is 26.9.